The van der Waals surface area contributed by atoms with E-state index in [0.29, 0.717) is 5.69 Å². The maximum atomic E-state index is 11.2. The normalized spacial score (nSPS) is 19.6. The van der Waals surface area contributed by atoms with E-state index in [4.69, 9.17) is 4.74 Å². The second-order valence-electron chi connectivity index (χ2n) is 3.39. The monoisotopic (exact) mass is 223 g/mol. The molecule has 16 heavy (non-hydrogen) atoms. The van der Waals surface area contributed by atoms with E-state index >= 15 is 0 Å². The molecule has 0 radical (unpaired) electrons. The van der Waals surface area contributed by atoms with Crippen LogP contribution in [0.3, 0.4) is 0 Å². The van der Waals surface area contributed by atoms with Crippen molar-refractivity contribution < 1.29 is 14.5 Å². The highest BCUT2D eigenvalue weighted by molar-refractivity contribution is 5.90. The van der Waals surface area contributed by atoms with Crippen molar-refractivity contribution in [2.75, 3.05) is 0 Å². The highest BCUT2D eigenvalue weighted by Gasteiger charge is 2.30. The van der Waals surface area contributed by atoms with Crippen molar-refractivity contribution in [2.24, 2.45) is 7.05 Å². The molecule has 0 fully saturated rings. The van der Waals surface area contributed by atoms with Crippen molar-refractivity contribution in [2.45, 2.75) is 12.5 Å². The lowest BCUT2D eigenvalue weighted by molar-refractivity contribution is -0.386. The number of aromatic nitrogens is 2. The van der Waals surface area contributed by atoms with Gasteiger partial charge in [-0.15, -0.1) is 0 Å². The van der Waals surface area contributed by atoms with Crippen molar-refractivity contribution in [3.8, 4) is 0 Å². The molecule has 0 saturated carbocycles. The summed E-state index contributed by atoms with van der Waals surface area (Å²) in [5.74, 6) is -0.119. The van der Waals surface area contributed by atoms with Crippen LogP contribution in [-0.2, 0) is 16.6 Å². The first-order chi connectivity index (χ1) is 7.59. The number of carbonyl (C=O) groups is 1. The van der Waals surface area contributed by atoms with Crippen LogP contribution in [0.2, 0.25) is 0 Å². The van der Waals surface area contributed by atoms with Crippen LogP contribution in [0.1, 0.15) is 18.2 Å². The van der Waals surface area contributed by atoms with E-state index in [-0.39, 0.29) is 17.9 Å². The van der Waals surface area contributed by atoms with Crippen LogP contribution in [0.25, 0.3) is 0 Å². The number of nitro groups is 1. The molecule has 7 heteroatoms. The number of allylic oxidation sites excluding steroid dienone is 1. The Kier molecular flexibility index (Phi) is 2.43. The van der Waals surface area contributed by atoms with Crippen LogP contribution < -0.4 is 0 Å². The van der Waals surface area contributed by atoms with Gasteiger partial charge in [-0.25, -0.2) is 0 Å². The summed E-state index contributed by atoms with van der Waals surface area (Å²) in [7, 11) is 1.58. The Bertz CT molecular complexity index is 477. The zero-order chi connectivity index (χ0) is 11.7. The third-order valence-electron chi connectivity index (χ3n) is 2.35. The van der Waals surface area contributed by atoms with Crippen LogP contribution >= 0.6 is 0 Å². The van der Waals surface area contributed by atoms with Crippen molar-refractivity contribution in [1.29, 1.82) is 0 Å². The number of hydrogen-bond acceptors (Lipinski definition) is 5. The fourth-order valence-electron chi connectivity index (χ4n) is 1.62. The number of nitrogens with zero attached hydrogens (tertiary/aromatic N) is 3. The van der Waals surface area contributed by atoms with Crippen molar-refractivity contribution in [3.05, 3.63) is 34.3 Å². The van der Waals surface area contributed by atoms with Crippen molar-refractivity contribution in [3.63, 3.8) is 0 Å². The Hall–Kier alpha value is -2.18. The van der Waals surface area contributed by atoms with Gasteiger partial charge in [0.25, 0.3) is 0 Å². The lowest BCUT2D eigenvalue weighted by Gasteiger charge is -2.17. The predicted molar refractivity (Wildman–Crippen MR) is 52.5 cm³/mol. The van der Waals surface area contributed by atoms with Crippen LogP contribution in [0.5, 0.6) is 0 Å². The fourth-order valence-corrected chi connectivity index (χ4v) is 1.62. The third-order valence-corrected chi connectivity index (χ3v) is 2.35. The Morgan fingerprint density at radius 2 is 2.44 bits per heavy atom. The second kappa shape index (κ2) is 3.76. The molecule has 0 unspecified atom stereocenters. The van der Waals surface area contributed by atoms with Gasteiger partial charge in [0.2, 0.25) is 0 Å². The molecular weight excluding hydrogens is 214 g/mol. The van der Waals surface area contributed by atoms with Gasteiger partial charge in [-0.1, -0.05) is 0 Å². The van der Waals surface area contributed by atoms with Gasteiger partial charge in [0, 0.05) is 13.1 Å². The zero-order valence-electron chi connectivity index (χ0n) is 8.49. The molecule has 0 aliphatic carbocycles. The van der Waals surface area contributed by atoms with Gasteiger partial charge in [0.05, 0.1) is 17.6 Å². The summed E-state index contributed by atoms with van der Waals surface area (Å²) in [4.78, 5) is 21.4. The molecule has 1 atom stereocenters. The molecule has 0 aromatic carbocycles. The first-order valence-electron chi connectivity index (χ1n) is 4.60. The van der Waals surface area contributed by atoms with Crippen molar-refractivity contribution >= 4 is 11.5 Å². The van der Waals surface area contributed by atoms with Crippen LogP contribution in [0, 0.1) is 10.1 Å². The largest absolute Gasteiger partial charge is 0.491 e. The minimum atomic E-state index is -0.634. The first kappa shape index (κ1) is 10.3. The number of rotatable bonds is 2. The highest BCUT2D eigenvalue weighted by atomic mass is 16.6. The molecule has 0 amide bonds. The number of carbonyl (C=O) groups excluding carboxylic acids is 1. The van der Waals surface area contributed by atoms with E-state index in [1.165, 1.54) is 17.0 Å². The molecule has 84 valence electrons. The van der Waals surface area contributed by atoms with Crippen LogP contribution in [0.4, 0.5) is 5.69 Å². The molecule has 1 aromatic heterocycles. The van der Waals surface area contributed by atoms with Gasteiger partial charge in [0.1, 0.15) is 6.20 Å². The molecule has 2 rings (SSSR count). The van der Waals surface area contributed by atoms with E-state index in [9.17, 15) is 14.9 Å². The Balaban J connectivity index is 2.39. The topological polar surface area (TPSA) is 87.3 Å². The van der Waals surface area contributed by atoms with Crippen LogP contribution in [0.15, 0.2) is 18.5 Å². The second-order valence-corrected chi connectivity index (χ2v) is 3.39. The molecule has 2 heterocycles. The standard InChI is InChI=1S/C9H9N3O4/c1-11-9(7(5-10-11)12(14)15)8-4-6(13)2-3-16-8/h2-3,5,8H,4H2,1H3/t8-/m0/s1. The predicted octanol–water partition coefficient (Wildman–Crippen LogP) is 0.872. The Morgan fingerprint density at radius 1 is 1.69 bits per heavy atom. The van der Waals surface area contributed by atoms with Gasteiger partial charge >= 0.3 is 5.69 Å². The summed E-state index contributed by atoms with van der Waals surface area (Å²) >= 11 is 0. The summed E-state index contributed by atoms with van der Waals surface area (Å²) in [6.45, 7) is 0. The Morgan fingerprint density at radius 3 is 3.06 bits per heavy atom. The van der Waals surface area contributed by atoms with Crippen LogP contribution in [-0.4, -0.2) is 20.5 Å². The summed E-state index contributed by atoms with van der Waals surface area (Å²) in [6.07, 6.45) is 3.18. The van der Waals surface area contributed by atoms with Gasteiger partial charge in [-0.2, -0.15) is 5.10 Å². The summed E-state index contributed by atoms with van der Waals surface area (Å²) in [6, 6.07) is 0. The Labute approximate surface area is 90.5 Å². The zero-order valence-corrected chi connectivity index (χ0v) is 8.49. The minimum absolute atomic E-state index is 0.0941. The minimum Gasteiger partial charge on any atom is -0.491 e. The molecule has 7 nitrogen and oxygen atoms in total. The number of ketones is 1. The summed E-state index contributed by atoms with van der Waals surface area (Å²) < 4.78 is 6.55. The highest BCUT2D eigenvalue weighted by Crippen LogP contribution is 2.31. The van der Waals surface area contributed by atoms with E-state index in [2.05, 4.69) is 5.10 Å². The number of ether oxygens (including phenoxy) is 1. The average molecular weight is 223 g/mol. The quantitative estimate of drug-likeness (QED) is 0.548. The number of aryl methyl sites for hydroxylation is 1. The summed E-state index contributed by atoms with van der Waals surface area (Å²) in [5, 5.41) is 14.6. The first-order valence-corrected chi connectivity index (χ1v) is 4.60. The maximum absolute atomic E-state index is 11.2. The molecular formula is C9H9N3O4. The van der Waals surface area contributed by atoms with Gasteiger partial charge in [-0.3, -0.25) is 19.6 Å². The van der Waals surface area contributed by atoms with E-state index in [1.807, 2.05) is 0 Å². The summed E-state index contributed by atoms with van der Waals surface area (Å²) in [5.41, 5.74) is 0.179. The van der Waals surface area contributed by atoms with Gasteiger partial charge in [0.15, 0.2) is 17.6 Å². The molecule has 0 spiro atoms. The van der Waals surface area contributed by atoms with E-state index in [1.54, 1.807) is 7.05 Å². The molecule has 0 bridgehead atoms. The average Bonchev–Trinajstić information content (AvgIpc) is 2.60. The lowest BCUT2D eigenvalue weighted by Crippen LogP contribution is -2.15. The molecule has 1 aromatic rings. The maximum Gasteiger partial charge on any atom is 0.314 e. The van der Waals surface area contributed by atoms with Gasteiger partial charge in [-0.05, 0) is 0 Å². The molecule has 0 N–H and O–H groups in total. The lowest BCUT2D eigenvalue weighted by atomic mass is 10.1. The SMILES string of the molecule is Cn1ncc([N+](=O)[O-])c1[C@@H]1CC(=O)C=CO1. The van der Waals surface area contributed by atoms with E-state index < -0.39 is 11.0 Å². The molecule has 0 saturated heterocycles. The number of hydrogen-bond donors (Lipinski definition) is 0. The van der Waals surface area contributed by atoms with E-state index in [0.717, 1.165) is 6.20 Å². The fraction of sp³-hybridized carbons (Fsp3) is 0.333. The van der Waals surface area contributed by atoms with Crippen molar-refractivity contribution in [1.82, 2.24) is 9.78 Å². The van der Waals surface area contributed by atoms with Gasteiger partial charge < -0.3 is 4.74 Å². The smallest absolute Gasteiger partial charge is 0.314 e. The molecule has 1 aliphatic heterocycles. The third kappa shape index (κ3) is 1.67. The molecule has 1 aliphatic rings.